The lowest BCUT2D eigenvalue weighted by atomic mass is 9.74. The van der Waals surface area contributed by atoms with E-state index in [1.807, 2.05) is 12.5 Å². The number of pyridine rings is 1. The Labute approximate surface area is 177 Å². The van der Waals surface area contributed by atoms with Crippen LogP contribution in [0.25, 0.3) is 16.3 Å². The van der Waals surface area contributed by atoms with E-state index in [4.69, 9.17) is 0 Å². The molecule has 0 aliphatic heterocycles. The third kappa shape index (κ3) is 3.04. The second kappa shape index (κ2) is 7.24. The number of imidazole rings is 1. The quantitative estimate of drug-likeness (QED) is 0.435. The van der Waals surface area contributed by atoms with Gasteiger partial charge >= 0.3 is 0 Å². The average molecular weight is 397 g/mol. The van der Waals surface area contributed by atoms with Crippen molar-refractivity contribution in [3.05, 3.63) is 83.9 Å². The third-order valence-corrected chi connectivity index (χ3v) is 7.43. The highest BCUT2D eigenvalue weighted by Crippen LogP contribution is 2.47. The highest BCUT2D eigenvalue weighted by Gasteiger charge is 2.34. The van der Waals surface area contributed by atoms with Crippen molar-refractivity contribution in [1.29, 1.82) is 0 Å². The molecule has 2 aliphatic rings. The third-order valence-electron chi connectivity index (χ3n) is 7.43. The fourth-order valence-electron chi connectivity index (χ4n) is 5.66. The van der Waals surface area contributed by atoms with E-state index in [1.54, 1.807) is 0 Å². The zero-order chi connectivity index (χ0) is 20.1. The Morgan fingerprint density at radius 3 is 2.37 bits per heavy atom. The standard InChI is InChI=1S/C27H28N2O/c30-27(26-25(20-8-9-20)15-14-22-16-28-17-29(22)26)21-12-10-19(11-13-21)24-7-3-5-18-4-1-2-6-23(18)24/h1-7,14-17,19-21,27,30H,8-13H2/t19?,21?,27-/m0/s1. The molecule has 2 aliphatic carbocycles. The Balaban J connectivity index is 1.27. The number of aromatic nitrogens is 2. The molecule has 0 saturated heterocycles. The van der Waals surface area contributed by atoms with Crippen LogP contribution in [0.4, 0.5) is 0 Å². The van der Waals surface area contributed by atoms with Gasteiger partial charge < -0.3 is 9.51 Å². The summed E-state index contributed by atoms with van der Waals surface area (Å²) < 4.78 is 2.13. The summed E-state index contributed by atoms with van der Waals surface area (Å²) in [7, 11) is 0. The van der Waals surface area contributed by atoms with Gasteiger partial charge in [0, 0.05) is 0 Å². The van der Waals surface area contributed by atoms with Gasteiger partial charge in [-0.1, -0.05) is 48.5 Å². The van der Waals surface area contributed by atoms with E-state index in [0.29, 0.717) is 17.8 Å². The molecule has 0 radical (unpaired) electrons. The number of aliphatic hydroxyl groups is 1. The molecular formula is C27H28N2O. The number of nitrogens with zero attached hydrogens (tertiary/aromatic N) is 2. The lowest BCUT2D eigenvalue weighted by molar-refractivity contribution is 0.0755. The SMILES string of the molecule is O[C@H](c1c(C2CC2)ccc2cncn12)C1CCC(c2cccc3ccccc23)CC1. The van der Waals surface area contributed by atoms with Crippen LogP contribution in [0.5, 0.6) is 0 Å². The summed E-state index contributed by atoms with van der Waals surface area (Å²) in [5.74, 6) is 1.53. The van der Waals surface area contributed by atoms with Crippen molar-refractivity contribution in [2.45, 2.75) is 56.5 Å². The smallest absolute Gasteiger partial charge is 0.0995 e. The fraction of sp³-hybridized carbons (Fsp3) is 0.370. The van der Waals surface area contributed by atoms with Gasteiger partial charge in [0.2, 0.25) is 0 Å². The first-order valence-corrected chi connectivity index (χ1v) is 11.4. The molecule has 0 bridgehead atoms. The second-order valence-corrected chi connectivity index (χ2v) is 9.26. The Morgan fingerprint density at radius 2 is 1.53 bits per heavy atom. The molecule has 0 amide bonds. The maximum atomic E-state index is 11.5. The maximum absolute atomic E-state index is 11.5. The lowest BCUT2D eigenvalue weighted by Gasteiger charge is -2.33. The molecule has 0 unspecified atom stereocenters. The van der Waals surface area contributed by atoms with Gasteiger partial charge in [0.1, 0.15) is 0 Å². The van der Waals surface area contributed by atoms with Gasteiger partial charge in [-0.2, -0.15) is 0 Å². The normalized spacial score (nSPS) is 23.1. The van der Waals surface area contributed by atoms with E-state index in [1.165, 1.54) is 34.7 Å². The van der Waals surface area contributed by atoms with Gasteiger partial charge in [-0.05, 0) is 84.2 Å². The van der Waals surface area contributed by atoms with Crippen LogP contribution in [0, 0.1) is 5.92 Å². The molecule has 6 rings (SSSR count). The summed E-state index contributed by atoms with van der Waals surface area (Å²) in [6.07, 6.45) is 10.3. The Bertz CT molecular complexity index is 1190. The minimum atomic E-state index is -0.410. The molecule has 2 heterocycles. The number of rotatable bonds is 4. The van der Waals surface area contributed by atoms with Crippen molar-refractivity contribution in [1.82, 2.24) is 9.38 Å². The highest BCUT2D eigenvalue weighted by atomic mass is 16.3. The summed E-state index contributed by atoms with van der Waals surface area (Å²) in [4.78, 5) is 4.34. The molecule has 2 aromatic heterocycles. The van der Waals surface area contributed by atoms with Crippen LogP contribution in [-0.2, 0) is 0 Å². The summed E-state index contributed by atoms with van der Waals surface area (Å²) in [5, 5.41) is 14.2. The fourth-order valence-corrected chi connectivity index (χ4v) is 5.66. The predicted octanol–water partition coefficient (Wildman–Crippen LogP) is 6.37. The maximum Gasteiger partial charge on any atom is 0.0995 e. The molecule has 2 saturated carbocycles. The minimum absolute atomic E-state index is 0.321. The predicted molar refractivity (Wildman–Crippen MR) is 121 cm³/mol. The van der Waals surface area contributed by atoms with Gasteiger partial charge in [0.15, 0.2) is 0 Å². The van der Waals surface area contributed by atoms with Crippen molar-refractivity contribution in [3.63, 3.8) is 0 Å². The van der Waals surface area contributed by atoms with E-state index < -0.39 is 6.10 Å². The molecular weight excluding hydrogens is 368 g/mol. The van der Waals surface area contributed by atoms with Gasteiger partial charge in [-0.3, -0.25) is 0 Å². The molecule has 2 fully saturated rings. The zero-order valence-electron chi connectivity index (χ0n) is 17.2. The van der Waals surface area contributed by atoms with Gasteiger partial charge in [-0.15, -0.1) is 0 Å². The first kappa shape index (κ1) is 18.1. The van der Waals surface area contributed by atoms with Gasteiger partial charge in [0.25, 0.3) is 0 Å². The molecule has 3 heteroatoms. The number of hydrogen-bond acceptors (Lipinski definition) is 2. The molecule has 3 nitrogen and oxygen atoms in total. The van der Waals surface area contributed by atoms with Gasteiger partial charge in [0.05, 0.1) is 29.8 Å². The van der Waals surface area contributed by atoms with Crippen LogP contribution < -0.4 is 0 Å². The first-order valence-electron chi connectivity index (χ1n) is 11.4. The first-order chi connectivity index (χ1) is 14.8. The lowest BCUT2D eigenvalue weighted by Crippen LogP contribution is -2.22. The summed E-state index contributed by atoms with van der Waals surface area (Å²) >= 11 is 0. The average Bonchev–Trinajstić information content (AvgIpc) is 3.54. The van der Waals surface area contributed by atoms with E-state index in [0.717, 1.165) is 36.9 Å². The molecule has 152 valence electrons. The van der Waals surface area contributed by atoms with Crippen LogP contribution in [-0.4, -0.2) is 14.5 Å². The largest absolute Gasteiger partial charge is 0.387 e. The van der Waals surface area contributed by atoms with Crippen molar-refractivity contribution < 1.29 is 5.11 Å². The van der Waals surface area contributed by atoms with Crippen LogP contribution in [0.1, 0.15) is 73.3 Å². The highest BCUT2D eigenvalue weighted by molar-refractivity contribution is 5.86. The number of hydrogen-bond donors (Lipinski definition) is 1. The van der Waals surface area contributed by atoms with Crippen molar-refractivity contribution in [2.75, 3.05) is 0 Å². The monoisotopic (exact) mass is 396 g/mol. The molecule has 1 N–H and O–H groups in total. The van der Waals surface area contributed by atoms with Crippen LogP contribution >= 0.6 is 0 Å². The molecule has 4 aromatic rings. The molecule has 0 spiro atoms. The van der Waals surface area contributed by atoms with E-state index in [-0.39, 0.29) is 0 Å². The topological polar surface area (TPSA) is 37.5 Å². The number of benzene rings is 2. The second-order valence-electron chi connectivity index (χ2n) is 9.26. The zero-order valence-corrected chi connectivity index (χ0v) is 17.2. The summed E-state index contributed by atoms with van der Waals surface area (Å²) in [5.41, 5.74) is 5.00. The minimum Gasteiger partial charge on any atom is -0.387 e. The Hall–Kier alpha value is -2.65. The Morgan fingerprint density at radius 1 is 0.800 bits per heavy atom. The van der Waals surface area contributed by atoms with Gasteiger partial charge in [-0.25, -0.2) is 4.98 Å². The number of fused-ring (bicyclic) bond motifs is 2. The van der Waals surface area contributed by atoms with Crippen LogP contribution in [0.15, 0.2) is 67.1 Å². The van der Waals surface area contributed by atoms with Crippen LogP contribution in [0.3, 0.4) is 0 Å². The molecule has 30 heavy (non-hydrogen) atoms. The van der Waals surface area contributed by atoms with E-state index in [9.17, 15) is 5.11 Å². The summed E-state index contributed by atoms with van der Waals surface area (Å²) in [6.45, 7) is 0. The van der Waals surface area contributed by atoms with Crippen molar-refractivity contribution in [3.8, 4) is 0 Å². The summed E-state index contributed by atoms with van der Waals surface area (Å²) in [6, 6.07) is 19.8. The van der Waals surface area contributed by atoms with Crippen molar-refractivity contribution in [2.24, 2.45) is 5.92 Å². The molecule has 2 aromatic carbocycles. The van der Waals surface area contributed by atoms with E-state index in [2.05, 4.69) is 64.0 Å². The van der Waals surface area contributed by atoms with E-state index >= 15 is 0 Å². The van der Waals surface area contributed by atoms with Crippen LogP contribution in [0.2, 0.25) is 0 Å². The number of aliphatic hydroxyl groups excluding tert-OH is 1. The molecule has 1 atom stereocenters. The van der Waals surface area contributed by atoms with Crippen molar-refractivity contribution >= 4 is 16.3 Å². The Kier molecular flexibility index (Phi) is 4.38.